The Bertz CT molecular complexity index is 500. The molecule has 1 aliphatic carbocycles. The van der Waals surface area contributed by atoms with Crippen molar-refractivity contribution in [1.29, 1.82) is 0 Å². The maximum atomic E-state index is 12.0. The van der Waals surface area contributed by atoms with Crippen LogP contribution in [0.2, 0.25) is 0 Å². The van der Waals surface area contributed by atoms with E-state index in [-0.39, 0.29) is 5.56 Å². The largest absolute Gasteiger partial charge is 0.300 e. The molecule has 1 aromatic rings. The minimum atomic E-state index is 0.0821. The average Bonchev–Trinajstić information content (AvgIpc) is 2.68. The van der Waals surface area contributed by atoms with E-state index in [2.05, 4.69) is 23.8 Å². The van der Waals surface area contributed by atoms with E-state index in [0.29, 0.717) is 12.0 Å². The Labute approximate surface area is 108 Å². The van der Waals surface area contributed by atoms with E-state index in [1.165, 1.54) is 5.56 Å². The van der Waals surface area contributed by atoms with Crippen molar-refractivity contribution in [2.45, 2.75) is 45.7 Å². The van der Waals surface area contributed by atoms with Gasteiger partial charge < -0.3 is 4.90 Å². The normalized spacial score (nSPS) is 20.2. The van der Waals surface area contributed by atoms with E-state index in [9.17, 15) is 4.79 Å². The summed E-state index contributed by atoms with van der Waals surface area (Å²) in [5.41, 5.74) is 2.40. The molecule has 1 saturated heterocycles. The monoisotopic (exact) mass is 247 g/mol. The second kappa shape index (κ2) is 4.50. The first kappa shape index (κ1) is 11.9. The van der Waals surface area contributed by atoms with Crippen molar-refractivity contribution in [1.82, 2.24) is 14.7 Å². The molecule has 0 atom stereocenters. The first-order valence-corrected chi connectivity index (χ1v) is 6.97. The SMILES string of the molecule is CC(C)N1CC(Cn2nc3c(cc2=O)CCC3)C1. The highest BCUT2D eigenvalue weighted by atomic mass is 16.1. The summed E-state index contributed by atoms with van der Waals surface area (Å²) in [6, 6.07) is 2.42. The number of rotatable bonds is 3. The van der Waals surface area contributed by atoms with Gasteiger partial charge in [-0.25, -0.2) is 4.68 Å². The zero-order valence-corrected chi connectivity index (χ0v) is 11.2. The van der Waals surface area contributed by atoms with Gasteiger partial charge in [-0.15, -0.1) is 0 Å². The fourth-order valence-electron chi connectivity index (χ4n) is 2.96. The van der Waals surface area contributed by atoms with E-state index >= 15 is 0 Å². The van der Waals surface area contributed by atoms with Crippen LogP contribution >= 0.6 is 0 Å². The van der Waals surface area contributed by atoms with Crippen molar-refractivity contribution in [3.63, 3.8) is 0 Å². The molecule has 2 heterocycles. The Kier molecular flexibility index (Phi) is 2.98. The lowest BCUT2D eigenvalue weighted by Gasteiger charge is -2.42. The van der Waals surface area contributed by atoms with Crippen LogP contribution < -0.4 is 5.56 Å². The van der Waals surface area contributed by atoms with Gasteiger partial charge in [0.25, 0.3) is 5.56 Å². The quantitative estimate of drug-likeness (QED) is 0.802. The van der Waals surface area contributed by atoms with Gasteiger partial charge in [-0.1, -0.05) is 0 Å². The summed E-state index contributed by atoms with van der Waals surface area (Å²) in [7, 11) is 0. The van der Waals surface area contributed by atoms with Gasteiger partial charge in [-0.3, -0.25) is 4.79 Å². The van der Waals surface area contributed by atoms with Gasteiger partial charge in [0, 0.05) is 31.1 Å². The van der Waals surface area contributed by atoms with Gasteiger partial charge in [-0.2, -0.15) is 5.10 Å². The minimum Gasteiger partial charge on any atom is -0.300 e. The van der Waals surface area contributed by atoms with Crippen LogP contribution in [0.5, 0.6) is 0 Å². The number of aromatic nitrogens is 2. The zero-order chi connectivity index (χ0) is 12.7. The zero-order valence-electron chi connectivity index (χ0n) is 11.2. The van der Waals surface area contributed by atoms with E-state index < -0.39 is 0 Å². The summed E-state index contributed by atoms with van der Waals surface area (Å²) >= 11 is 0. The Morgan fingerprint density at radius 2 is 2.17 bits per heavy atom. The number of hydrogen-bond donors (Lipinski definition) is 0. The maximum absolute atomic E-state index is 12.0. The molecular weight excluding hydrogens is 226 g/mol. The molecule has 98 valence electrons. The molecule has 0 unspecified atom stereocenters. The Balaban J connectivity index is 1.69. The number of aryl methyl sites for hydroxylation is 2. The van der Waals surface area contributed by atoms with Crippen molar-refractivity contribution < 1.29 is 0 Å². The van der Waals surface area contributed by atoms with Crippen LogP contribution in [0.15, 0.2) is 10.9 Å². The molecule has 2 aliphatic rings. The highest BCUT2D eigenvalue weighted by Crippen LogP contribution is 2.20. The van der Waals surface area contributed by atoms with E-state index in [0.717, 1.165) is 44.6 Å². The van der Waals surface area contributed by atoms with Crippen molar-refractivity contribution >= 4 is 0 Å². The third-order valence-corrected chi connectivity index (χ3v) is 4.17. The predicted molar refractivity (Wildman–Crippen MR) is 70.7 cm³/mol. The summed E-state index contributed by atoms with van der Waals surface area (Å²) in [6.45, 7) is 7.42. The molecule has 18 heavy (non-hydrogen) atoms. The van der Waals surface area contributed by atoms with Gasteiger partial charge >= 0.3 is 0 Å². The molecule has 1 aliphatic heterocycles. The number of likely N-dealkylation sites (tertiary alicyclic amines) is 1. The smallest absolute Gasteiger partial charge is 0.267 e. The first-order valence-electron chi connectivity index (χ1n) is 6.97. The lowest BCUT2D eigenvalue weighted by molar-refractivity contribution is 0.0544. The molecule has 0 saturated carbocycles. The molecule has 0 N–H and O–H groups in total. The molecule has 0 spiro atoms. The summed E-state index contributed by atoms with van der Waals surface area (Å²) in [5.74, 6) is 0.594. The standard InChI is InChI=1S/C14H21N3O/c1-10(2)16-7-11(8-16)9-17-14(18)6-12-4-3-5-13(12)15-17/h6,10-11H,3-5,7-9H2,1-2H3. The number of hydrogen-bond acceptors (Lipinski definition) is 3. The molecule has 0 amide bonds. The Morgan fingerprint density at radius 1 is 1.39 bits per heavy atom. The van der Waals surface area contributed by atoms with Crippen LogP contribution in [0.25, 0.3) is 0 Å². The average molecular weight is 247 g/mol. The second-order valence-electron chi connectivity index (χ2n) is 5.90. The van der Waals surface area contributed by atoms with Crippen molar-refractivity contribution in [3.05, 3.63) is 27.7 Å². The number of nitrogens with zero attached hydrogens (tertiary/aromatic N) is 3. The molecule has 1 fully saturated rings. The van der Waals surface area contributed by atoms with Gasteiger partial charge in [-0.05, 0) is 38.7 Å². The molecular formula is C14H21N3O. The van der Waals surface area contributed by atoms with Gasteiger partial charge in [0.1, 0.15) is 0 Å². The predicted octanol–water partition coefficient (Wildman–Crippen LogP) is 1.07. The third-order valence-electron chi connectivity index (χ3n) is 4.17. The van der Waals surface area contributed by atoms with Gasteiger partial charge in [0.2, 0.25) is 0 Å². The fourth-order valence-corrected chi connectivity index (χ4v) is 2.96. The Hall–Kier alpha value is -1.16. The fraction of sp³-hybridized carbons (Fsp3) is 0.714. The molecule has 1 aromatic heterocycles. The summed E-state index contributed by atoms with van der Waals surface area (Å²) in [6.07, 6.45) is 3.22. The van der Waals surface area contributed by atoms with Crippen molar-refractivity contribution in [2.75, 3.05) is 13.1 Å². The topological polar surface area (TPSA) is 38.1 Å². The van der Waals surface area contributed by atoms with Crippen molar-refractivity contribution in [2.24, 2.45) is 5.92 Å². The van der Waals surface area contributed by atoms with Crippen LogP contribution in [0, 0.1) is 5.92 Å². The van der Waals surface area contributed by atoms with Gasteiger partial charge in [0.05, 0.1) is 12.2 Å². The molecule has 4 heteroatoms. The van der Waals surface area contributed by atoms with Crippen LogP contribution in [0.1, 0.15) is 31.5 Å². The second-order valence-corrected chi connectivity index (χ2v) is 5.90. The lowest BCUT2D eigenvalue weighted by atomic mass is 9.98. The summed E-state index contributed by atoms with van der Waals surface area (Å²) < 4.78 is 1.69. The third kappa shape index (κ3) is 2.09. The van der Waals surface area contributed by atoms with Crippen LogP contribution in [-0.4, -0.2) is 33.8 Å². The summed E-state index contributed by atoms with van der Waals surface area (Å²) in [5, 5.41) is 4.53. The van der Waals surface area contributed by atoms with Gasteiger partial charge in [0.15, 0.2) is 0 Å². The van der Waals surface area contributed by atoms with Crippen LogP contribution in [0.4, 0.5) is 0 Å². The van der Waals surface area contributed by atoms with E-state index in [4.69, 9.17) is 0 Å². The highest BCUT2D eigenvalue weighted by molar-refractivity contribution is 5.22. The van der Waals surface area contributed by atoms with Crippen molar-refractivity contribution in [3.8, 4) is 0 Å². The van der Waals surface area contributed by atoms with E-state index in [1.54, 1.807) is 10.7 Å². The summed E-state index contributed by atoms with van der Waals surface area (Å²) in [4.78, 5) is 14.4. The van der Waals surface area contributed by atoms with Crippen LogP contribution in [-0.2, 0) is 19.4 Å². The van der Waals surface area contributed by atoms with E-state index in [1.807, 2.05) is 0 Å². The molecule has 0 bridgehead atoms. The molecule has 0 aromatic carbocycles. The minimum absolute atomic E-state index is 0.0821. The maximum Gasteiger partial charge on any atom is 0.267 e. The molecule has 0 radical (unpaired) electrons. The molecule has 3 rings (SSSR count). The Morgan fingerprint density at radius 3 is 2.89 bits per heavy atom. The molecule has 4 nitrogen and oxygen atoms in total. The van der Waals surface area contributed by atoms with Crippen LogP contribution in [0.3, 0.4) is 0 Å². The lowest BCUT2D eigenvalue weighted by Crippen LogP contribution is -2.52. The first-order chi connectivity index (χ1) is 8.63. The number of fused-ring (bicyclic) bond motifs is 1. The highest BCUT2D eigenvalue weighted by Gasteiger charge is 2.29.